The lowest BCUT2D eigenvalue weighted by Crippen LogP contribution is -2.55. The minimum Gasteiger partial charge on any atom is -0.480 e. The van der Waals surface area contributed by atoms with Crippen LogP contribution >= 0.6 is 0 Å². The lowest BCUT2D eigenvalue weighted by molar-refractivity contribution is -0.148. The first-order chi connectivity index (χ1) is 8.34. The number of guanidine groups is 1. The summed E-state index contributed by atoms with van der Waals surface area (Å²) < 4.78 is 0. The number of unbranched alkanes of at least 4 members (excludes halogenated alkanes) is 1. The van der Waals surface area contributed by atoms with Gasteiger partial charge in [0.05, 0.1) is 0 Å². The fourth-order valence-corrected chi connectivity index (χ4v) is 1.49. The van der Waals surface area contributed by atoms with Crippen molar-refractivity contribution in [1.82, 2.24) is 0 Å². The zero-order chi connectivity index (χ0) is 14.2. The second-order valence-corrected chi connectivity index (χ2v) is 4.21. The van der Waals surface area contributed by atoms with Crippen LogP contribution in [0, 0.1) is 0 Å². The summed E-state index contributed by atoms with van der Waals surface area (Å²) >= 11 is 0. The lowest BCUT2D eigenvalue weighted by atomic mass is 9.87. The summed E-state index contributed by atoms with van der Waals surface area (Å²) in [7, 11) is 0. The molecule has 0 aromatic heterocycles. The highest BCUT2D eigenvalue weighted by atomic mass is 16.4. The minimum atomic E-state index is -1.83. The summed E-state index contributed by atoms with van der Waals surface area (Å²) in [6.45, 7) is 2.18. The molecule has 7 heteroatoms. The van der Waals surface area contributed by atoms with E-state index in [0.717, 1.165) is 6.42 Å². The van der Waals surface area contributed by atoms with Crippen LogP contribution in [-0.4, -0.2) is 34.9 Å². The Morgan fingerprint density at radius 1 is 1.28 bits per heavy atom. The smallest absolute Gasteiger partial charge is 0.331 e. The van der Waals surface area contributed by atoms with E-state index in [0.29, 0.717) is 12.8 Å². The van der Waals surface area contributed by atoms with E-state index in [1.54, 1.807) is 0 Å². The van der Waals surface area contributed by atoms with Crippen LogP contribution in [-0.2, 0) is 9.59 Å². The van der Waals surface area contributed by atoms with Crippen molar-refractivity contribution in [3.05, 3.63) is 0 Å². The van der Waals surface area contributed by atoms with Gasteiger partial charge in [-0.3, -0.25) is 9.79 Å². The largest absolute Gasteiger partial charge is 0.480 e. The van der Waals surface area contributed by atoms with Crippen LogP contribution in [0.2, 0.25) is 0 Å². The van der Waals surface area contributed by atoms with Crippen molar-refractivity contribution >= 4 is 17.7 Å². The van der Waals surface area contributed by atoms with Crippen molar-refractivity contribution in [3.63, 3.8) is 0 Å². The highest BCUT2D eigenvalue weighted by Gasteiger charge is 2.40. The third-order valence-corrected chi connectivity index (χ3v) is 2.66. The molecule has 0 saturated heterocycles. The van der Waals surface area contributed by atoms with Crippen LogP contribution in [0.1, 0.15) is 39.0 Å². The van der Waals surface area contributed by atoms with Crippen LogP contribution in [0.25, 0.3) is 0 Å². The number of nitrogens with two attached hydrogens (primary N) is 3. The SMILES string of the molecule is CCCCC(=O)C(N)(CCCN=C(N)N)C(=O)O. The molecule has 0 saturated carbocycles. The molecule has 0 aliphatic carbocycles. The Balaban J connectivity index is 4.48. The number of aliphatic imine (C=N–C) groups is 1. The van der Waals surface area contributed by atoms with Gasteiger partial charge in [-0.15, -0.1) is 0 Å². The molecular weight excluding hydrogens is 236 g/mol. The number of aliphatic carboxylic acids is 1. The average Bonchev–Trinajstić information content (AvgIpc) is 2.30. The maximum absolute atomic E-state index is 11.8. The quantitative estimate of drug-likeness (QED) is 0.191. The highest BCUT2D eigenvalue weighted by Crippen LogP contribution is 2.15. The van der Waals surface area contributed by atoms with Crippen LogP contribution in [0.3, 0.4) is 0 Å². The Morgan fingerprint density at radius 2 is 1.89 bits per heavy atom. The molecule has 0 heterocycles. The number of carbonyl (C=O) groups excluding carboxylic acids is 1. The van der Waals surface area contributed by atoms with Crippen molar-refractivity contribution in [2.45, 2.75) is 44.6 Å². The molecule has 7 N–H and O–H groups in total. The number of rotatable bonds is 9. The van der Waals surface area contributed by atoms with Gasteiger partial charge in [-0.05, 0) is 19.3 Å². The normalized spacial score (nSPS) is 13.7. The van der Waals surface area contributed by atoms with Gasteiger partial charge in [0.25, 0.3) is 0 Å². The van der Waals surface area contributed by atoms with Gasteiger partial charge < -0.3 is 22.3 Å². The molecule has 0 fully saturated rings. The van der Waals surface area contributed by atoms with Crippen molar-refractivity contribution in [2.75, 3.05) is 6.54 Å². The van der Waals surface area contributed by atoms with Crippen LogP contribution in [0.5, 0.6) is 0 Å². The molecular formula is C11H22N4O3. The fraction of sp³-hybridized carbons (Fsp3) is 0.727. The molecule has 0 bridgehead atoms. The predicted molar refractivity (Wildman–Crippen MR) is 69.0 cm³/mol. The van der Waals surface area contributed by atoms with E-state index in [1.807, 2.05) is 6.92 Å². The molecule has 1 unspecified atom stereocenters. The van der Waals surface area contributed by atoms with E-state index in [9.17, 15) is 9.59 Å². The van der Waals surface area contributed by atoms with E-state index in [1.165, 1.54) is 0 Å². The number of carboxylic acid groups (broad SMARTS) is 1. The first kappa shape index (κ1) is 16.4. The molecule has 0 aliphatic rings. The zero-order valence-electron chi connectivity index (χ0n) is 10.7. The molecule has 0 rings (SSSR count). The monoisotopic (exact) mass is 258 g/mol. The van der Waals surface area contributed by atoms with Crippen LogP contribution in [0.15, 0.2) is 4.99 Å². The number of ketones is 1. The summed E-state index contributed by atoms with van der Waals surface area (Å²) in [6, 6.07) is 0. The Kier molecular flexibility index (Phi) is 6.96. The number of hydrogen-bond acceptors (Lipinski definition) is 4. The van der Waals surface area contributed by atoms with E-state index in [-0.39, 0.29) is 25.3 Å². The van der Waals surface area contributed by atoms with Crippen molar-refractivity contribution < 1.29 is 14.7 Å². The van der Waals surface area contributed by atoms with Gasteiger partial charge >= 0.3 is 5.97 Å². The van der Waals surface area contributed by atoms with Crippen molar-refractivity contribution in [3.8, 4) is 0 Å². The Morgan fingerprint density at radius 3 is 2.33 bits per heavy atom. The maximum Gasteiger partial charge on any atom is 0.331 e. The van der Waals surface area contributed by atoms with Gasteiger partial charge in [0.15, 0.2) is 17.3 Å². The van der Waals surface area contributed by atoms with Gasteiger partial charge in [0.2, 0.25) is 0 Å². The molecule has 0 radical (unpaired) electrons. The summed E-state index contributed by atoms with van der Waals surface area (Å²) in [5.74, 6) is -1.81. The van der Waals surface area contributed by atoms with E-state index in [2.05, 4.69) is 4.99 Å². The zero-order valence-corrected chi connectivity index (χ0v) is 10.7. The second kappa shape index (κ2) is 7.65. The summed E-state index contributed by atoms with van der Waals surface area (Å²) in [5.41, 5.74) is 14.1. The predicted octanol–water partition coefficient (Wildman–Crippen LogP) is -0.419. The first-order valence-corrected chi connectivity index (χ1v) is 5.95. The Bertz CT molecular complexity index is 326. The van der Waals surface area contributed by atoms with E-state index < -0.39 is 17.3 Å². The molecule has 0 aliphatic heterocycles. The number of carbonyl (C=O) groups is 2. The Hall–Kier alpha value is -1.63. The van der Waals surface area contributed by atoms with Crippen molar-refractivity contribution in [2.24, 2.45) is 22.2 Å². The summed E-state index contributed by atoms with van der Waals surface area (Å²) in [5, 5.41) is 9.08. The third kappa shape index (κ3) is 5.13. The molecule has 0 aromatic rings. The molecule has 0 aromatic carbocycles. The summed E-state index contributed by atoms with van der Waals surface area (Å²) in [4.78, 5) is 26.6. The third-order valence-electron chi connectivity index (χ3n) is 2.66. The van der Waals surface area contributed by atoms with Crippen molar-refractivity contribution in [1.29, 1.82) is 0 Å². The lowest BCUT2D eigenvalue weighted by Gasteiger charge is -2.22. The van der Waals surface area contributed by atoms with Crippen LogP contribution < -0.4 is 17.2 Å². The fourth-order valence-electron chi connectivity index (χ4n) is 1.49. The van der Waals surface area contributed by atoms with Gasteiger partial charge in [0, 0.05) is 13.0 Å². The number of nitrogens with zero attached hydrogens (tertiary/aromatic N) is 1. The first-order valence-electron chi connectivity index (χ1n) is 5.95. The van der Waals surface area contributed by atoms with Gasteiger partial charge in [-0.2, -0.15) is 0 Å². The maximum atomic E-state index is 11.8. The number of Topliss-reactive ketones (excluding diaryl/α,β-unsaturated/α-hetero) is 1. The van der Waals surface area contributed by atoms with Gasteiger partial charge in [0.1, 0.15) is 0 Å². The molecule has 0 amide bonds. The standard InChI is InChI=1S/C11H22N4O3/c1-2-3-5-8(16)11(14,9(17)18)6-4-7-15-10(12)13/h2-7,14H2,1H3,(H,17,18)(H4,12,13,15). The molecule has 104 valence electrons. The highest BCUT2D eigenvalue weighted by molar-refractivity contribution is 6.07. The molecule has 18 heavy (non-hydrogen) atoms. The Labute approximate surface area is 106 Å². The van der Waals surface area contributed by atoms with Gasteiger partial charge in [-0.25, -0.2) is 4.79 Å². The molecule has 7 nitrogen and oxygen atoms in total. The number of hydrogen-bond donors (Lipinski definition) is 4. The topological polar surface area (TPSA) is 145 Å². The number of carboxylic acids is 1. The summed E-state index contributed by atoms with van der Waals surface area (Å²) in [6.07, 6.45) is 2.01. The minimum absolute atomic E-state index is 0.0294. The van der Waals surface area contributed by atoms with Crippen LogP contribution in [0.4, 0.5) is 0 Å². The van der Waals surface area contributed by atoms with E-state index >= 15 is 0 Å². The van der Waals surface area contributed by atoms with Gasteiger partial charge in [-0.1, -0.05) is 13.3 Å². The second-order valence-electron chi connectivity index (χ2n) is 4.21. The average molecular weight is 258 g/mol. The molecule has 0 spiro atoms. The molecule has 1 atom stereocenters. The van der Waals surface area contributed by atoms with E-state index in [4.69, 9.17) is 22.3 Å².